The molecular weight excluding hydrogens is 410 g/mol. The highest BCUT2D eigenvalue weighted by Crippen LogP contribution is 2.25. The lowest BCUT2D eigenvalue weighted by Gasteiger charge is -2.06. The second-order valence-electron chi connectivity index (χ2n) is 6.38. The quantitative estimate of drug-likeness (QED) is 0.239. The SMILES string of the molecule is CCOCCn1c(=NC(=O)/C=C/c2ccc([N+](=O)[O-])s2)sc2c(C)cc(C)cc21. The van der Waals surface area contributed by atoms with E-state index in [0.29, 0.717) is 29.4 Å². The van der Waals surface area contributed by atoms with Crippen LogP contribution in [0.25, 0.3) is 16.3 Å². The lowest BCUT2D eigenvalue weighted by Crippen LogP contribution is -2.19. The lowest BCUT2D eigenvalue weighted by atomic mass is 10.1. The molecule has 3 rings (SSSR count). The summed E-state index contributed by atoms with van der Waals surface area (Å²) in [5.41, 5.74) is 3.33. The minimum absolute atomic E-state index is 0.0400. The van der Waals surface area contributed by atoms with Gasteiger partial charge in [0.1, 0.15) is 0 Å². The smallest absolute Gasteiger partial charge is 0.324 e. The summed E-state index contributed by atoms with van der Waals surface area (Å²) < 4.78 is 8.60. The van der Waals surface area contributed by atoms with Gasteiger partial charge in [-0.25, -0.2) is 0 Å². The largest absolute Gasteiger partial charge is 0.380 e. The van der Waals surface area contributed by atoms with Crippen LogP contribution in [0.1, 0.15) is 22.9 Å². The predicted octanol–water partition coefficient (Wildman–Crippen LogP) is 4.47. The van der Waals surface area contributed by atoms with Gasteiger partial charge >= 0.3 is 5.00 Å². The van der Waals surface area contributed by atoms with Crippen LogP contribution in [0.2, 0.25) is 0 Å². The third-order valence-corrected chi connectivity index (χ3v) is 6.40. The van der Waals surface area contributed by atoms with Gasteiger partial charge in [-0.3, -0.25) is 14.9 Å². The summed E-state index contributed by atoms with van der Waals surface area (Å²) in [6, 6.07) is 7.24. The molecule has 3 aromatic rings. The Kier molecular flexibility index (Phi) is 6.73. The number of nitro groups is 1. The zero-order chi connectivity index (χ0) is 21.0. The zero-order valence-electron chi connectivity index (χ0n) is 16.4. The van der Waals surface area contributed by atoms with E-state index in [0.717, 1.165) is 32.7 Å². The Morgan fingerprint density at radius 1 is 1.31 bits per heavy atom. The number of nitrogens with zero attached hydrogens (tertiary/aromatic N) is 3. The van der Waals surface area contributed by atoms with E-state index in [1.807, 2.05) is 25.3 Å². The van der Waals surface area contributed by atoms with Gasteiger partial charge in [0.25, 0.3) is 5.91 Å². The summed E-state index contributed by atoms with van der Waals surface area (Å²) in [5, 5.41) is 10.8. The third-order valence-electron chi connectivity index (χ3n) is 4.17. The Hall–Kier alpha value is -2.62. The maximum atomic E-state index is 12.4. The minimum atomic E-state index is -0.447. The maximum absolute atomic E-state index is 12.4. The third kappa shape index (κ3) is 5.06. The lowest BCUT2D eigenvalue weighted by molar-refractivity contribution is -0.380. The standard InChI is InChI=1S/C20H21N3O4S2/c1-4-27-10-9-22-16-12-13(2)11-14(3)19(16)29-20(22)21-17(24)7-5-15-6-8-18(28-15)23(25)26/h5-8,11-12H,4,9-10H2,1-3H3/b7-5+,21-20?. The Morgan fingerprint density at radius 2 is 2.10 bits per heavy atom. The van der Waals surface area contributed by atoms with Crippen molar-refractivity contribution in [2.75, 3.05) is 13.2 Å². The number of rotatable bonds is 7. The topological polar surface area (TPSA) is 86.7 Å². The summed E-state index contributed by atoms with van der Waals surface area (Å²) in [6.07, 6.45) is 2.89. The molecule has 29 heavy (non-hydrogen) atoms. The number of aryl methyl sites for hydroxylation is 2. The van der Waals surface area contributed by atoms with Crippen molar-refractivity contribution in [3.05, 3.63) is 61.3 Å². The number of hydrogen-bond acceptors (Lipinski definition) is 6. The summed E-state index contributed by atoms with van der Waals surface area (Å²) in [7, 11) is 0. The average Bonchev–Trinajstić information content (AvgIpc) is 3.26. The van der Waals surface area contributed by atoms with Crippen LogP contribution in [-0.2, 0) is 16.1 Å². The number of amides is 1. The van der Waals surface area contributed by atoms with Crippen LogP contribution in [0.5, 0.6) is 0 Å². The normalized spacial score (nSPS) is 12.3. The first-order valence-electron chi connectivity index (χ1n) is 9.08. The summed E-state index contributed by atoms with van der Waals surface area (Å²) in [4.78, 5) is 28.3. The molecule has 0 radical (unpaired) electrons. The van der Waals surface area contributed by atoms with Crippen molar-refractivity contribution in [2.24, 2.45) is 4.99 Å². The van der Waals surface area contributed by atoms with Crippen molar-refractivity contribution in [3.63, 3.8) is 0 Å². The van der Waals surface area contributed by atoms with Crippen LogP contribution in [0.3, 0.4) is 0 Å². The molecule has 7 nitrogen and oxygen atoms in total. The molecule has 2 aromatic heterocycles. The van der Waals surface area contributed by atoms with Gasteiger partial charge < -0.3 is 9.30 Å². The van der Waals surface area contributed by atoms with Crippen LogP contribution in [0, 0.1) is 24.0 Å². The first-order valence-corrected chi connectivity index (χ1v) is 10.7. The Bertz CT molecular complexity index is 1150. The molecule has 0 spiro atoms. The summed E-state index contributed by atoms with van der Waals surface area (Å²) >= 11 is 2.49. The van der Waals surface area contributed by atoms with Crippen molar-refractivity contribution < 1.29 is 14.5 Å². The van der Waals surface area contributed by atoms with Gasteiger partial charge in [-0.15, -0.1) is 0 Å². The van der Waals surface area contributed by atoms with E-state index in [4.69, 9.17) is 4.74 Å². The molecule has 1 aromatic carbocycles. The molecule has 2 heterocycles. The second kappa shape index (κ2) is 9.25. The molecule has 9 heteroatoms. The number of carbonyl (C=O) groups excluding carboxylic acids is 1. The Balaban J connectivity index is 1.95. The highest BCUT2D eigenvalue weighted by atomic mass is 32.1. The van der Waals surface area contributed by atoms with Gasteiger partial charge in [0, 0.05) is 30.2 Å². The molecule has 0 unspecified atom stereocenters. The molecule has 0 aliphatic heterocycles. The summed E-state index contributed by atoms with van der Waals surface area (Å²) in [6.45, 7) is 7.80. The first-order chi connectivity index (χ1) is 13.9. The molecule has 1 amide bonds. The fourth-order valence-corrected chi connectivity index (χ4v) is 4.76. The molecule has 0 N–H and O–H groups in total. The number of hydrogen-bond donors (Lipinski definition) is 0. The zero-order valence-corrected chi connectivity index (χ0v) is 18.0. The number of thiazole rings is 1. The van der Waals surface area contributed by atoms with Gasteiger partial charge in [-0.05, 0) is 50.1 Å². The highest BCUT2D eigenvalue weighted by molar-refractivity contribution is 7.16. The van der Waals surface area contributed by atoms with E-state index in [-0.39, 0.29) is 5.00 Å². The van der Waals surface area contributed by atoms with Crippen molar-refractivity contribution in [1.29, 1.82) is 0 Å². The Morgan fingerprint density at radius 3 is 2.79 bits per heavy atom. The van der Waals surface area contributed by atoms with Gasteiger partial charge in [-0.2, -0.15) is 4.99 Å². The highest BCUT2D eigenvalue weighted by Gasteiger charge is 2.11. The number of aromatic nitrogens is 1. The van der Waals surface area contributed by atoms with Crippen molar-refractivity contribution in [3.8, 4) is 0 Å². The molecular formula is C20H21N3O4S2. The molecule has 0 saturated heterocycles. The van der Waals surface area contributed by atoms with Gasteiger partial charge in [-0.1, -0.05) is 28.7 Å². The number of fused-ring (bicyclic) bond motifs is 1. The Labute approximate surface area is 175 Å². The van der Waals surface area contributed by atoms with E-state index in [9.17, 15) is 14.9 Å². The van der Waals surface area contributed by atoms with Crippen molar-refractivity contribution in [1.82, 2.24) is 4.57 Å². The van der Waals surface area contributed by atoms with Gasteiger partial charge in [0.15, 0.2) is 4.80 Å². The van der Waals surface area contributed by atoms with Crippen LogP contribution >= 0.6 is 22.7 Å². The molecule has 0 bridgehead atoms. The van der Waals surface area contributed by atoms with E-state index < -0.39 is 10.8 Å². The van der Waals surface area contributed by atoms with Crippen molar-refractivity contribution >= 4 is 49.9 Å². The molecule has 0 fully saturated rings. The molecule has 0 atom stereocenters. The van der Waals surface area contributed by atoms with E-state index >= 15 is 0 Å². The number of thiophene rings is 1. The van der Waals surface area contributed by atoms with Crippen LogP contribution in [-0.4, -0.2) is 28.6 Å². The number of benzene rings is 1. The van der Waals surface area contributed by atoms with Crippen LogP contribution < -0.4 is 4.80 Å². The fourth-order valence-electron chi connectivity index (χ4n) is 2.93. The van der Waals surface area contributed by atoms with E-state index in [1.165, 1.54) is 23.5 Å². The first kappa shape index (κ1) is 21.1. The second-order valence-corrected chi connectivity index (χ2v) is 8.45. The maximum Gasteiger partial charge on any atom is 0.324 e. The minimum Gasteiger partial charge on any atom is -0.380 e. The number of carbonyl (C=O) groups is 1. The van der Waals surface area contributed by atoms with Crippen molar-refractivity contribution in [2.45, 2.75) is 27.3 Å². The van der Waals surface area contributed by atoms with E-state index in [1.54, 1.807) is 12.1 Å². The van der Waals surface area contributed by atoms with Crippen LogP contribution in [0.15, 0.2) is 35.3 Å². The van der Waals surface area contributed by atoms with Crippen LogP contribution in [0.4, 0.5) is 5.00 Å². The molecule has 0 aliphatic carbocycles. The van der Waals surface area contributed by atoms with Gasteiger partial charge in [0.05, 0.1) is 21.7 Å². The predicted molar refractivity (Wildman–Crippen MR) is 116 cm³/mol. The van der Waals surface area contributed by atoms with E-state index in [2.05, 4.69) is 17.1 Å². The van der Waals surface area contributed by atoms with Gasteiger partial charge in [0.2, 0.25) is 0 Å². The summed E-state index contributed by atoms with van der Waals surface area (Å²) in [5.74, 6) is -0.410. The average molecular weight is 432 g/mol. The monoisotopic (exact) mass is 431 g/mol. The molecule has 152 valence electrons. The molecule has 0 aliphatic rings. The fraction of sp³-hybridized carbons (Fsp3) is 0.300. The number of ether oxygens (including phenoxy) is 1. The molecule has 0 saturated carbocycles.